The number of rotatable bonds is 4. The Kier molecular flexibility index (Phi) is 4.47. The molecule has 0 saturated heterocycles. The van der Waals surface area contributed by atoms with Gasteiger partial charge in [-0.15, -0.1) is 0 Å². The molecular formula is C17H14N2O2. The summed E-state index contributed by atoms with van der Waals surface area (Å²) < 4.78 is 0. The fraction of sp³-hybridized carbons (Fsp3) is 0.118. The molecule has 0 heterocycles. The van der Waals surface area contributed by atoms with E-state index in [1.54, 1.807) is 18.2 Å². The van der Waals surface area contributed by atoms with Gasteiger partial charge >= 0.3 is 0 Å². The number of aryl methyl sites for hydroxylation is 1. The summed E-state index contributed by atoms with van der Waals surface area (Å²) in [7, 11) is 0. The largest absolute Gasteiger partial charge is 0.269 e. The van der Waals surface area contributed by atoms with Crippen molar-refractivity contribution in [2.75, 3.05) is 0 Å². The van der Waals surface area contributed by atoms with E-state index in [0.717, 1.165) is 12.0 Å². The van der Waals surface area contributed by atoms with E-state index < -0.39 is 4.92 Å². The Morgan fingerprint density at radius 1 is 1.19 bits per heavy atom. The van der Waals surface area contributed by atoms with E-state index in [0.29, 0.717) is 11.1 Å². The van der Waals surface area contributed by atoms with Gasteiger partial charge in [-0.05, 0) is 41.3 Å². The van der Waals surface area contributed by atoms with Crippen molar-refractivity contribution in [3.8, 4) is 6.07 Å². The van der Waals surface area contributed by atoms with Crippen LogP contribution in [-0.4, -0.2) is 4.92 Å². The van der Waals surface area contributed by atoms with Crippen molar-refractivity contribution < 1.29 is 4.92 Å². The Hall–Kier alpha value is -2.93. The Labute approximate surface area is 123 Å². The minimum Gasteiger partial charge on any atom is -0.258 e. The molecule has 0 aliphatic rings. The van der Waals surface area contributed by atoms with E-state index in [2.05, 4.69) is 13.0 Å². The first-order valence-electron chi connectivity index (χ1n) is 6.59. The van der Waals surface area contributed by atoms with Gasteiger partial charge in [0.25, 0.3) is 5.69 Å². The first-order valence-corrected chi connectivity index (χ1v) is 6.59. The molecule has 0 aliphatic heterocycles. The van der Waals surface area contributed by atoms with Crippen LogP contribution in [0.4, 0.5) is 5.69 Å². The van der Waals surface area contributed by atoms with E-state index in [1.807, 2.05) is 24.3 Å². The molecule has 0 fully saturated rings. The Balaban J connectivity index is 2.31. The van der Waals surface area contributed by atoms with Gasteiger partial charge in [0.05, 0.1) is 16.6 Å². The molecule has 104 valence electrons. The smallest absolute Gasteiger partial charge is 0.258 e. The normalized spacial score (nSPS) is 11.0. The van der Waals surface area contributed by atoms with E-state index in [4.69, 9.17) is 0 Å². The maximum Gasteiger partial charge on any atom is 0.269 e. The molecule has 0 spiro atoms. The summed E-state index contributed by atoms with van der Waals surface area (Å²) in [6.07, 6.45) is 2.75. The highest BCUT2D eigenvalue weighted by Gasteiger charge is 2.06. The van der Waals surface area contributed by atoms with Gasteiger partial charge in [-0.3, -0.25) is 10.1 Å². The highest BCUT2D eigenvalue weighted by Crippen LogP contribution is 2.21. The van der Waals surface area contributed by atoms with Crippen molar-refractivity contribution in [1.29, 1.82) is 5.26 Å². The molecule has 0 aromatic heterocycles. The van der Waals surface area contributed by atoms with Gasteiger partial charge in [-0.25, -0.2) is 0 Å². The molecule has 2 rings (SSSR count). The predicted molar refractivity (Wildman–Crippen MR) is 82.4 cm³/mol. The molecule has 0 amide bonds. The first kappa shape index (κ1) is 14.5. The zero-order valence-electron chi connectivity index (χ0n) is 11.6. The zero-order chi connectivity index (χ0) is 15.2. The molecule has 0 bridgehead atoms. The van der Waals surface area contributed by atoms with Gasteiger partial charge in [-0.1, -0.05) is 31.2 Å². The summed E-state index contributed by atoms with van der Waals surface area (Å²) in [5.41, 5.74) is 3.34. The van der Waals surface area contributed by atoms with E-state index in [-0.39, 0.29) is 5.69 Å². The summed E-state index contributed by atoms with van der Waals surface area (Å²) >= 11 is 0. The molecule has 0 aliphatic carbocycles. The van der Waals surface area contributed by atoms with Crippen LogP contribution in [0.1, 0.15) is 23.6 Å². The third kappa shape index (κ3) is 3.54. The Morgan fingerprint density at radius 2 is 1.81 bits per heavy atom. The van der Waals surface area contributed by atoms with Crippen molar-refractivity contribution in [3.05, 3.63) is 75.3 Å². The van der Waals surface area contributed by atoms with Crippen LogP contribution in [0.25, 0.3) is 11.6 Å². The fourth-order valence-electron chi connectivity index (χ4n) is 1.96. The molecule has 4 nitrogen and oxygen atoms in total. The monoisotopic (exact) mass is 278 g/mol. The molecule has 0 saturated carbocycles. The highest BCUT2D eigenvalue weighted by atomic mass is 16.6. The summed E-state index contributed by atoms with van der Waals surface area (Å²) in [4.78, 5) is 10.2. The molecule has 0 unspecified atom stereocenters. The van der Waals surface area contributed by atoms with Gasteiger partial charge in [0.2, 0.25) is 0 Å². The number of benzene rings is 2. The lowest BCUT2D eigenvalue weighted by Crippen LogP contribution is -1.88. The van der Waals surface area contributed by atoms with Crippen LogP contribution in [0.5, 0.6) is 0 Å². The molecular weight excluding hydrogens is 264 g/mol. The van der Waals surface area contributed by atoms with Crippen LogP contribution in [0.2, 0.25) is 0 Å². The number of nitriles is 1. The first-order chi connectivity index (χ1) is 10.1. The van der Waals surface area contributed by atoms with Crippen LogP contribution in [0, 0.1) is 21.4 Å². The predicted octanol–water partition coefficient (Wildman–Crippen LogP) is 4.22. The van der Waals surface area contributed by atoms with Crippen molar-refractivity contribution in [2.24, 2.45) is 0 Å². The van der Waals surface area contributed by atoms with Crippen molar-refractivity contribution in [3.63, 3.8) is 0 Å². The fourth-order valence-corrected chi connectivity index (χ4v) is 1.96. The average Bonchev–Trinajstić information content (AvgIpc) is 2.53. The Morgan fingerprint density at radius 3 is 2.29 bits per heavy atom. The van der Waals surface area contributed by atoms with Crippen molar-refractivity contribution >= 4 is 17.3 Å². The van der Waals surface area contributed by atoms with Crippen molar-refractivity contribution in [2.45, 2.75) is 13.3 Å². The minimum absolute atomic E-state index is 0.0170. The number of hydrogen-bond acceptors (Lipinski definition) is 3. The maximum atomic E-state index is 10.6. The SMILES string of the molecule is CCc1ccc(/C=C(/C#N)c2ccc([N+](=O)[O-])cc2)cc1. The summed E-state index contributed by atoms with van der Waals surface area (Å²) in [6.45, 7) is 2.09. The molecule has 4 heteroatoms. The summed E-state index contributed by atoms with van der Waals surface area (Å²) in [6, 6.07) is 16.1. The Bertz CT molecular complexity index is 708. The topological polar surface area (TPSA) is 66.9 Å². The van der Waals surface area contributed by atoms with E-state index in [1.165, 1.54) is 17.7 Å². The summed E-state index contributed by atoms with van der Waals surface area (Å²) in [5.74, 6) is 0. The average molecular weight is 278 g/mol. The van der Waals surface area contributed by atoms with Crippen molar-refractivity contribution in [1.82, 2.24) is 0 Å². The van der Waals surface area contributed by atoms with Gasteiger partial charge in [0.15, 0.2) is 0 Å². The molecule has 0 radical (unpaired) electrons. The minimum atomic E-state index is -0.455. The zero-order valence-corrected chi connectivity index (χ0v) is 11.6. The van der Waals surface area contributed by atoms with Gasteiger partial charge < -0.3 is 0 Å². The number of non-ortho nitro benzene ring substituents is 1. The second kappa shape index (κ2) is 6.49. The second-order valence-electron chi connectivity index (χ2n) is 4.57. The standard InChI is InChI=1S/C17H14N2O2/c1-2-13-3-5-14(6-4-13)11-16(12-18)15-7-9-17(10-8-15)19(20)21/h3-11H,2H2,1H3/b16-11-. The van der Waals surface area contributed by atoms with Crippen LogP contribution in [0.15, 0.2) is 48.5 Å². The molecule has 2 aromatic rings. The van der Waals surface area contributed by atoms with Gasteiger partial charge in [0, 0.05) is 12.1 Å². The molecule has 2 aromatic carbocycles. The summed E-state index contributed by atoms with van der Waals surface area (Å²) in [5, 5.41) is 19.9. The van der Waals surface area contributed by atoms with E-state index in [9.17, 15) is 15.4 Å². The number of nitrogens with zero attached hydrogens (tertiary/aromatic N) is 2. The highest BCUT2D eigenvalue weighted by molar-refractivity contribution is 5.89. The van der Waals surface area contributed by atoms with Gasteiger partial charge in [0.1, 0.15) is 0 Å². The molecule has 21 heavy (non-hydrogen) atoms. The number of hydrogen-bond donors (Lipinski definition) is 0. The number of nitro benzene ring substituents is 1. The van der Waals surface area contributed by atoms with Gasteiger partial charge in [-0.2, -0.15) is 5.26 Å². The second-order valence-corrected chi connectivity index (χ2v) is 4.57. The number of allylic oxidation sites excluding steroid dienone is 1. The van der Waals surface area contributed by atoms with Crippen LogP contribution >= 0.6 is 0 Å². The molecule has 0 N–H and O–H groups in total. The lowest BCUT2D eigenvalue weighted by atomic mass is 10.0. The third-order valence-electron chi connectivity index (χ3n) is 3.21. The van der Waals surface area contributed by atoms with Crippen LogP contribution < -0.4 is 0 Å². The number of nitro groups is 1. The van der Waals surface area contributed by atoms with E-state index >= 15 is 0 Å². The lowest BCUT2D eigenvalue weighted by molar-refractivity contribution is -0.384. The molecule has 0 atom stereocenters. The third-order valence-corrected chi connectivity index (χ3v) is 3.21. The lowest BCUT2D eigenvalue weighted by Gasteiger charge is -2.01. The van der Waals surface area contributed by atoms with Crippen LogP contribution in [-0.2, 0) is 6.42 Å². The maximum absolute atomic E-state index is 10.6. The quantitative estimate of drug-likeness (QED) is 0.364. The van der Waals surface area contributed by atoms with Crippen LogP contribution in [0.3, 0.4) is 0 Å².